The molecule has 1 aromatic carbocycles. The lowest BCUT2D eigenvalue weighted by Crippen LogP contribution is -2.27. The largest absolute Gasteiger partial charge is 0.316 e. The molecule has 1 heterocycles. The van der Waals surface area contributed by atoms with Crippen molar-refractivity contribution in [3.05, 3.63) is 35.9 Å². The number of nitrogens with one attached hydrogen (secondary N) is 1. The van der Waals surface area contributed by atoms with E-state index in [9.17, 15) is 0 Å². The fourth-order valence-electron chi connectivity index (χ4n) is 2.55. The second-order valence-electron chi connectivity index (χ2n) is 4.99. The molecule has 0 spiro atoms. The first-order valence-corrected chi connectivity index (χ1v) is 6.85. The highest BCUT2D eigenvalue weighted by Crippen LogP contribution is 2.14. The highest BCUT2D eigenvalue weighted by atomic mass is 15.1. The van der Waals surface area contributed by atoms with E-state index in [2.05, 4.69) is 47.5 Å². The molecule has 94 valence electrons. The van der Waals surface area contributed by atoms with Crippen LogP contribution in [0.4, 0.5) is 0 Å². The number of nitrogens with zero attached hydrogens (tertiary/aromatic N) is 1. The monoisotopic (exact) mass is 232 g/mol. The van der Waals surface area contributed by atoms with Crippen LogP contribution in [0.5, 0.6) is 0 Å². The summed E-state index contributed by atoms with van der Waals surface area (Å²) >= 11 is 0. The topological polar surface area (TPSA) is 15.3 Å². The van der Waals surface area contributed by atoms with Gasteiger partial charge in [0.15, 0.2) is 0 Å². The molecule has 1 atom stereocenters. The van der Waals surface area contributed by atoms with Crippen molar-refractivity contribution in [2.75, 3.05) is 32.7 Å². The Morgan fingerprint density at radius 1 is 1.29 bits per heavy atom. The van der Waals surface area contributed by atoms with Gasteiger partial charge < -0.3 is 10.2 Å². The van der Waals surface area contributed by atoms with Gasteiger partial charge in [0, 0.05) is 6.54 Å². The van der Waals surface area contributed by atoms with Gasteiger partial charge in [-0.15, -0.1) is 0 Å². The van der Waals surface area contributed by atoms with Crippen LogP contribution in [0.25, 0.3) is 0 Å². The molecule has 1 saturated heterocycles. The van der Waals surface area contributed by atoms with E-state index in [-0.39, 0.29) is 0 Å². The Balaban J connectivity index is 1.58. The second kappa shape index (κ2) is 6.77. The Bertz CT molecular complexity index is 310. The fraction of sp³-hybridized carbons (Fsp3) is 0.600. The van der Waals surface area contributed by atoms with Gasteiger partial charge in [-0.3, -0.25) is 0 Å². The van der Waals surface area contributed by atoms with Gasteiger partial charge >= 0.3 is 0 Å². The normalized spacial score (nSPS) is 20.9. The van der Waals surface area contributed by atoms with E-state index < -0.39 is 0 Å². The number of hydrogen-bond donors (Lipinski definition) is 1. The molecule has 0 bridgehead atoms. The van der Waals surface area contributed by atoms with Gasteiger partial charge in [-0.1, -0.05) is 37.3 Å². The van der Waals surface area contributed by atoms with Crippen LogP contribution in [0.3, 0.4) is 0 Å². The molecule has 0 saturated carbocycles. The van der Waals surface area contributed by atoms with Gasteiger partial charge in [-0.25, -0.2) is 0 Å². The average Bonchev–Trinajstić information content (AvgIpc) is 2.84. The Kier molecular flexibility index (Phi) is 5.02. The lowest BCUT2D eigenvalue weighted by atomic mass is 10.1. The molecule has 2 rings (SSSR count). The van der Waals surface area contributed by atoms with Gasteiger partial charge in [0.2, 0.25) is 0 Å². The molecule has 0 amide bonds. The van der Waals surface area contributed by atoms with Crippen molar-refractivity contribution in [2.24, 2.45) is 5.92 Å². The van der Waals surface area contributed by atoms with E-state index in [4.69, 9.17) is 0 Å². The molecule has 1 aliphatic heterocycles. The summed E-state index contributed by atoms with van der Waals surface area (Å²) in [6, 6.07) is 10.7. The van der Waals surface area contributed by atoms with E-state index in [1.165, 1.54) is 38.2 Å². The highest BCUT2D eigenvalue weighted by Gasteiger charge is 2.20. The maximum Gasteiger partial charge on any atom is 0.00222 e. The molecular formula is C15H24N2. The van der Waals surface area contributed by atoms with Crippen LogP contribution in [0.2, 0.25) is 0 Å². The average molecular weight is 232 g/mol. The Labute approximate surface area is 105 Å². The van der Waals surface area contributed by atoms with Gasteiger partial charge in [0.25, 0.3) is 0 Å². The van der Waals surface area contributed by atoms with E-state index in [0.29, 0.717) is 0 Å². The predicted molar refractivity (Wildman–Crippen MR) is 73.2 cm³/mol. The molecule has 0 aliphatic carbocycles. The Morgan fingerprint density at radius 3 is 2.82 bits per heavy atom. The molecule has 2 heteroatoms. The maximum absolute atomic E-state index is 3.59. The molecule has 1 aromatic rings. The zero-order chi connectivity index (χ0) is 11.9. The molecule has 17 heavy (non-hydrogen) atoms. The van der Waals surface area contributed by atoms with Crippen LogP contribution in [0, 0.1) is 5.92 Å². The second-order valence-corrected chi connectivity index (χ2v) is 4.99. The molecule has 0 radical (unpaired) electrons. The number of hydrogen-bond acceptors (Lipinski definition) is 2. The van der Waals surface area contributed by atoms with Crippen molar-refractivity contribution < 1.29 is 0 Å². The van der Waals surface area contributed by atoms with Crippen molar-refractivity contribution in [1.29, 1.82) is 0 Å². The van der Waals surface area contributed by atoms with Crippen LogP contribution < -0.4 is 5.32 Å². The highest BCUT2D eigenvalue weighted by molar-refractivity contribution is 5.14. The summed E-state index contributed by atoms with van der Waals surface area (Å²) in [5.74, 6) is 0.866. The molecule has 1 unspecified atom stereocenters. The van der Waals surface area contributed by atoms with Crippen molar-refractivity contribution >= 4 is 0 Å². The molecule has 1 fully saturated rings. The van der Waals surface area contributed by atoms with Crippen LogP contribution in [-0.2, 0) is 6.42 Å². The van der Waals surface area contributed by atoms with Gasteiger partial charge in [-0.05, 0) is 50.5 Å². The maximum atomic E-state index is 3.59. The van der Waals surface area contributed by atoms with Gasteiger partial charge in [0.1, 0.15) is 0 Å². The zero-order valence-corrected chi connectivity index (χ0v) is 10.9. The van der Waals surface area contributed by atoms with Crippen molar-refractivity contribution in [3.8, 4) is 0 Å². The first-order valence-electron chi connectivity index (χ1n) is 6.85. The summed E-state index contributed by atoms with van der Waals surface area (Å²) in [4.78, 5) is 2.55. The van der Waals surface area contributed by atoms with Crippen LogP contribution in [0.1, 0.15) is 18.9 Å². The van der Waals surface area contributed by atoms with E-state index in [1.54, 1.807) is 0 Å². The summed E-state index contributed by atoms with van der Waals surface area (Å²) in [5, 5.41) is 3.59. The Morgan fingerprint density at radius 2 is 2.12 bits per heavy atom. The van der Waals surface area contributed by atoms with E-state index in [0.717, 1.165) is 18.9 Å². The number of likely N-dealkylation sites (tertiary alicyclic amines) is 1. The minimum absolute atomic E-state index is 0.866. The lowest BCUT2D eigenvalue weighted by Gasteiger charge is -2.13. The van der Waals surface area contributed by atoms with E-state index in [1.807, 2.05) is 0 Å². The third-order valence-electron chi connectivity index (χ3n) is 3.68. The first-order chi connectivity index (χ1) is 8.38. The molecule has 1 N–H and O–H groups in total. The third-order valence-corrected chi connectivity index (χ3v) is 3.68. The molecular weight excluding hydrogens is 208 g/mol. The summed E-state index contributed by atoms with van der Waals surface area (Å²) in [6.07, 6.45) is 2.51. The van der Waals surface area contributed by atoms with Crippen LogP contribution >= 0.6 is 0 Å². The third kappa shape index (κ3) is 4.14. The minimum atomic E-state index is 0.866. The predicted octanol–water partition coefficient (Wildman–Crippen LogP) is 2.16. The smallest absolute Gasteiger partial charge is 0.00222 e. The number of rotatable bonds is 6. The summed E-state index contributed by atoms with van der Waals surface area (Å²) < 4.78 is 0. The SMILES string of the molecule is CCN1CCC(CNCCc2ccccc2)C1. The van der Waals surface area contributed by atoms with Crippen molar-refractivity contribution in [3.63, 3.8) is 0 Å². The van der Waals surface area contributed by atoms with Crippen LogP contribution in [0.15, 0.2) is 30.3 Å². The fourth-order valence-corrected chi connectivity index (χ4v) is 2.55. The van der Waals surface area contributed by atoms with Gasteiger partial charge in [-0.2, -0.15) is 0 Å². The summed E-state index contributed by atoms with van der Waals surface area (Å²) in [5.41, 5.74) is 1.43. The summed E-state index contributed by atoms with van der Waals surface area (Å²) in [6.45, 7) is 8.33. The lowest BCUT2D eigenvalue weighted by molar-refractivity contribution is 0.339. The molecule has 1 aliphatic rings. The van der Waals surface area contributed by atoms with Gasteiger partial charge in [0.05, 0.1) is 0 Å². The number of benzene rings is 1. The standard InChI is InChI=1S/C15H24N2/c1-2-17-11-9-15(13-17)12-16-10-8-14-6-4-3-5-7-14/h3-7,15-16H,2,8-13H2,1H3. The van der Waals surface area contributed by atoms with E-state index >= 15 is 0 Å². The van der Waals surface area contributed by atoms with Crippen LogP contribution in [-0.4, -0.2) is 37.6 Å². The first kappa shape index (κ1) is 12.6. The minimum Gasteiger partial charge on any atom is -0.316 e. The molecule has 0 aromatic heterocycles. The quantitative estimate of drug-likeness (QED) is 0.756. The van der Waals surface area contributed by atoms with Crippen molar-refractivity contribution in [2.45, 2.75) is 19.8 Å². The Hall–Kier alpha value is -0.860. The zero-order valence-electron chi connectivity index (χ0n) is 10.9. The molecule has 2 nitrogen and oxygen atoms in total. The van der Waals surface area contributed by atoms with Crippen molar-refractivity contribution in [1.82, 2.24) is 10.2 Å². The summed E-state index contributed by atoms with van der Waals surface area (Å²) in [7, 11) is 0.